The summed E-state index contributed by atoms with van der Waals surface area (Å²) < 4.78 is 0. The standard InChI is InChI=1S/C15H22N4O/c20-14-4-13-7-18(6-12-2-1-3-16-5-12)11-15(9-17-10-15)19(13)8-14/h1-3,5,13-14,17,20H,4,6-11H2/t13-,14-/m1/s1. The molecule has 0 saturated carbocycles. The van der Waals surface area contributed by atoms with Crippen LogP contribution in [-0.2, 0) is 6.54 Å². The summed E-state index contributed by atoms with van der Waals surface area (Å²) in [6.07, 6.45) is 4.56. The Labute approximate surface area is 119 Å². The molecule has 3 aliphatic heterocycles. The van der Waals surface area contributed by atoms with E-state index in [-0.39, 0.29) is 11.6 Å². The predicted molar refractivity (Wildman–Crippen MR) is 76.2 cm³/mol. The van der Waals surface area contributed by atoms with Crippen molar-refractivity contribution in [3.8, 4) is 0 Å². The zero-order valence-corrected chi connectivity index (χ0v) is 11.7. The number of aliphatic hydroxyl groups is 1. The molecule has 0 radical (unpaired) electrons. The minimum atomic E-state index is -0.143. The van der Waals surface area contributed by atoms with Gasteiger partial charge in [0.1, 0.15) is 0 Å². The minimum absolute atomic E-state index is 0.143. The lowest BCUT2D eigenvalue weighted by Crippen LogP contribution is -2.77. The lowest BCUT2D eigenvalue weighted by Gasteiger charge is -2.57. The fourth-order valence-electron chi connectivity index (χ4n) is 4.11. The third-order valence-electron chi connectivity index (χ3n) is 5.03. The van der Waals surface area contributed by atoms with Crippen LogP contribution in [0.4, 0.5) is 0 Å². The maximum atomic E-state index is 10.00. The quantitative estimate of drug-likeness (QED) is 0.774. The molecular formula is C15H22N4O. The van der Waals surface area contributed by atoms with E-state index in [1.54, 1.807) is 0 Å². The SMILES string of the molecule is O[C@@H]1C[C@@H]2CN(Cc3cccnc3)CC3(CNC3)N2C1. The van der Waals surface area contributed by atoms with E-state index in [4.69, 9.17) is 0 Å². The van der Waals surface area contributed by atoms with Crippen LogP contribution in [-0.4, -0.2) is 70.3 Å². The Hall–Kier alpha value is -1.01. The molecule has 3 fully saturated rings. The van der Waals surface area contributed by atoms with Crippen molar-refractivity contribution in [1.29, 1.82) is 0 Å². The van der Waals surface area contributed by atoms with Gasteiger partial charge in [-0.3, -0.25) is 14.8 Å². The van der Waals surface area contributed by atoms with Crippen molar-refractivity contribution in [3.05, 3.63) is 30.1 Å². The monoisotopic (exact) mass is 274 g/mol. The highest BCUT2D eigenvalue weighted by Crippen LogP contribution is 2.35. The molecule has 20 heavy (non-hydrogen) atoms. The molecule has 1 spiro atoms. The lowest BCUT2D eigenvalue weighted by molar-refractivity contribution is -0.0569. The second-order valence-corrected chi connectivity index (χ2v) is 6.55. The van der Waals surface area contributed by atoms with Gasteiger partial charge in [0, 0.05) is 57.7 Å². The van der Waals surface area contributed by atoms with Crippen molar-refractivity contribution in [2.75, 3.05) is 32.7 Å². The van der Waals surface area contributed by atoms with Crippen molar-refractivity contribution < 1.29 is 5.11 Å². The van der Waals surface area contributed by atoms with Gasteiger partial charge >= 0.3 is 0 Å². The van der Waals surface area contributed by atoms with Crippen LogP contribution in [0.25, 0.3) is 0 Å². The molecule has 3 saturated heterocycles. The van der Waals surface area contributed by atoms with Gasteiger partial charge in [0.05, 0.1) is 11.6 Å². The summed E-state index contributed by atoms with van der Waals surface area (Å²) >= 11 is 0. The number of nitrogens with zero attached hydrogens (tertiary/aromatic N) is 3. The highest BCUT2D eigenvalue weighted by atomic mass is 16.3. The third-order valence-corrected chi connectivity index (χ3v) is 5.03. The number of nitrogens with one attached hydrogen (secondary N) is 1. The topological polar surface area (TPSA) is 51.6 Å². The summed E-state index contributed by atoms with van der Waals surface area (Å²) in [6, 6.07) is 4.66. The third kappa shape index (κ3) is 2.05. The summed E-state index contributed by atoms with van der Waals surface area (Å²) in [4.78, 5) is 9.31. The van der Waals surface area contributed by atoms with Crippen LogP contribution >= 0.6 is 0 Å². The van der Waals surface area contributed by atoms with Gasteiger partial charge in [-0.1, -0.05) is 6.07 Å². The van der Waals surface area contributed by atoms with E-state index in [2.05, 4.69) is 26.2 Å². The van der Waals surface area contributed by atoms with Gasteiger partial charge in [0.2, 0.25) is 0 Å². The Kier molecular flexibility index (Phi) is 3.03. The molecule has 1 aromatic rings. The number of aliphatic hydroxyl groups excluding tert-OH is 1. The fourth-order valence-corrected chi connectivity index (χ4v) is 4.11. The maximum Gasteiger partial charge on any atom is 0.0682 e. The molecule has 2 atom stereocenters. The number of β-amino-alcohol motifs (C(OH)–C–C–N with tert-alkyl or cyclic N) is 1. The molecule has 4 rings (SSSR count). The number of rotatable bonds is 2. The minimum Gasteiger partial charge on any atom is -0.392 e. The summed E-state index contributed by atoms with van der Waals surface area (Å²) in [6.45, 7) is 6.09. The molecule has 0 bridgehead atoms. The largest absolute Gasteiger partial charge is 0.392 e. The smallest absolute Gasteiger partial charge is 0.0682 e. The van der Waals surface area contributed by atoms with Gasteiger partial charge in [-0.25, -0.2) is 0 Å². The summed E-state index contributed by atoms with van der Waals surface area (Å²) in [7, 11) is 0. The first-order chi connectivity index (χ1) is 9.75. The van der Waals surface area contributed by atoms with E-state index in [0.29, 0.717) is 6.04 Å². The predicted octanol–water partition coefficient (Wildman–Crippen LogP) is -0.326. The molecule has 0 unspecified atom stereocenters. The summed E-state index contributed by atoms with van der Waals surface area (Å²) in [5, 5.41) is 13.4. The first-order valence-electron chi connectivity index (χ1n) is 7.52. The van der Waals surface area contributed by atoms with Crippen LogP contribution in [0.15, 0.2) is 24.5 Å². The number of piperazine rings is 1. The average molecular weight is 274 g/mol. The Morgan fingerprint density at radius 2 is 2.30 bits per heavy atom. The second kappa shape index (κ2) is 4.77. The lowest BCUT2D eigenvalue weighted by atomic mass is 9.86. The fraction of sp³-hybridized carbons (Fsp3) is 0.667. The molecule has 0 aliphatic carbocycles. The van der Waals surface area contributed by atoms with Crippen LogP contribution < -0.4 is 5.32 Å². The molecule has 1 aromatic heterocycles. The van der Waals surface area contributed by atoms with E-state index in [0.717, 1.165) is 45.7 Å². The Morgan fingerprint density at radius 1 is 1.40 bits per heavy atom. The van der Waals surface area contributed by atoms with Gasteiger partial charge in [-0.05, 0) is 18.1 Å². The number of aromatic nitrogens is 1. The van der Waals surface area contributed by atoms with Crippen molar-refractivity contribution in [2.24, 2.45) is 0 Å². The molecule has 0 aromatic carbocycles. The molecule has 0 amide bonds. The second-order valence-electron chi connectivity index (χ2n) is 6.55. The van der Waals surface area contributed by atoms with Crippen molar-refractivity contribution >= 4 is 0 Å². The number of hydrogen-bond acceptors (Lipinski definition) is 5. The highest BCUT2D eigenvalue weighted by Gasteiger charge is 2.52. The van der Waals surface area contributed by atoms with E-state index in [1.807, 2.05) is 18.5 Å². The van der Waals surface area contributed by atoms with E-state index in [1.165, 1.54) is 5.56 Å². The molecular weight excluding hydrogens is 252 g/mol. The van der Waals surface area contributed by atoms with E-state index < -0.39 is 0 Å². The Bertz CT molecular complexity index is 476. The van der Waals surface area contributed by atoms with Crippen LogP contribution in [0.5, 0.6) is 0 Å². The van der Waals surface area contributed by atoms with E-state index >= 15 is 0 Å². The molecule has 4 heterocycles. The summed E-state index contributed by atoms with van der Waals surface area (Å²) in [5.41, 5.74) is 1.53. The number of fused-ring (bicyclic) bond motifs is 2. The Morgan fingerprint density at radius 3 is 3.00 bits per heavy atom. The van der Waals surface area contributed by atoms with Gasteiger partial charge < -0.3 is 10.4 Å². The first kappa shape index (κ1) is 12.7. The Balaban J connectivity index is 1.52. The molecule has 2 N–H and O–H groups in total. The van der Waals surface area contributed by atoms with Crippen molar-refractivity contribution in [1.82, 2.24) is 20.1 Å². The maximum absolute atomic E-state index is 10.00. The molecule has 108 valence electrons. The van der Waals surface area contributed by atoms with Gasteiger partial charge in [0.15, 0.2) is 0 Å². The summed E-state index contributed by atoms with van der Waals surface area (Å²) in [5.74, 6) is 0. The van der Waals surface area contributed by atoms with E-state index in [9.17, 15) is 5.11 Å². The van der Waals surface area contributed by atoms with Crippen LogP contribution in [0.1, 0.15) is 12.0 Å². The molecule has 5 heteroatoms. The molecule has 3 aliphatic rings. The van der Waals surface area contributed by atoms with Crippen LogP contribution in [0.3, 0.4) is 0 Å². The number of pyridine rings is 1. The normalized spacial score (nSPS) is 33.0. The number of hydrogen-bond donors (Lipinski definition) is 2. The van der Waals surface area contributed by atoms with Crippen LogP contribution in [0.2, 0.25) is 0 Å². The van der Waals surface area contributed by atoms with Gasteiger partial charge in [-0.2, -0.15) is 0 Å². The van der Waals surface area contributed by atoms with Gasteiger partial charge in [0.25, 0.3) is 0 Å². The zero-order chi connectivity index (χ0) is 13.6. The van der Waals surface area contributed by atoms with Gasteiger partial charge in [-0.15, -0.1) is 0 Å². The van der Waals surface area contributed by atoms with Crippen LogP contribution in [0, 0.1) is 0 Å². The molecule has 5 nitrogen and oxygen atoms in total. The first-order valence-corrected chi connectivity index (χ1v) is 7.52. The average Bonchev–Trinajstić information content (AvgIpc) is 2.77. The van der Waals surface area contributed by atoms with Crippen molar-refractivity contribution in [2.45, 2.75) is 30.7 Å². The highest BCUT2D eigenvalue weighted by molar-refractivity contribution is 5.14. The zero-order valence-electron chi connectivity index (χ0n) is 11.7. The van der Waals surface area contributed by atoms with Crippen molar-refractivity contribution in [3.63, 3.8) is 0 Å².